The summed E-state index contributed by atoms with van der Waals surface area (Å²) in [6.45, 7) is 4.01. The molecule has 0 atom stereocenters. The molecule has 4 aromatic rings. The van der Waals surface area contributed by atoms with Gasteiger partial charge in [-0.1, -0.05) is 6.92 Å². The van der Waals surface area contributed by atoms with Crippen LogP contribution in [0.5, 0.6) is 0 Å². The summed E-state index contributed by atoms with van der Waals surface area (Å²) in [7, 11) is -0.0611. The van der Waals surface area contributed by atoms with E-state index in [1.54, 1.807) is 37.2 Å². The topological polar surface area (TPSA) is 97.4 Å². The second-order valence-electron chi connectivity index (χ2n) is 6.64. The van der Waals surface area contributed by atoms with Crippen LogP contribution in [0.3, 0.4) is 0 Å². The molecule has 0 spiro atoms. The van der Waals surface area contributed by atoms with Crippen molar-refractivity contribution in [3.05, 3.63) is 42.6 Å². The number of hydrogen-bond donors (Lipinski definition) is 1. The van der Waals surface area contributed by atoms with E-state index in [2.05, 4.69) is 20.4 Å². The Morgan fingerprint density at radius 3 is 2.76 bits per heavy atom. The SMILES string of the molecule is CCN(C)S(=O)(=O)c1sc(Nc2nccn3c(-c4cnn(C)c4)cnc23)cc1C. The van der Waals surface area contributed by atoms with Gasteiger partial charge in [0.25, 0.3) is 10.0 Å². The van der Waals surface area contributed by atoms with Crippen LogP contribution < -0.4 is 5.32 Å². The molecule has 0 saturated carbocycles. The molecule has 0 fully saturated rings. The molecule has 1 N–H and O–H groups in total. The summed E-state index contributed by atoms with van der Waals surface area (Å²) in [5, 5.41) is 8.13. The zero-order chi connectivity index (χ0) is 20.8. The van der Waals surface area contributed by atoms with Crippen LogP contribution in [0.2, 0.25) is 0 Å². The summed E-state index contributed by atoms with van der Waals surface area (Å²) in [6.07, 6.45) is 8.98. The lowest BCUT2D eigenvalue weighted by Gasteiger charge is -2.13. The number of rotatable bonds is 6. The van der Waals surface area contributed by atoms with E-state index in [1.807, 2.05) is 36.8 Å². The molecule has 152 valence electrons. The number of sulfonamides is 1. The van der Waals surface area contributed by atoms with E-state index in [0.29, 0.717) is 32.8 Å². The van der Waals surface area contributed by atoms with E-state index < -0.39 is 10.0 Å². The second-order valence-corrected chi connectivity index (χ2v) is 9.93. The Bertz CT molecular complexity index is 1290. The third-order valence-electron chi connectivity index (χ3n) is 4.63. The van der Waals surface area contributed by atoms with Crippen molar-refractivity contribution in [2.24, 2.45) is 7.05 Å². The molecule has 0 aromatic carbocycles. The van der Waals surface area contributed by atoms with Gasteiger partial charge < -0.3 is 5.32 Å². The highest BCUT2D eigenvalue weighted by molar-refractivity contribution is 7.91. The Balaban J connectivity index is 1.71. The molecule has 0 unspecified atom stereocenters. The van der Waals surface area contributed by atoms with Gasteiger partial charge in [0.05, 0.1) is 23.1 Å². The first-order valence-corrected chi connectivity index (χ1v) is 11.2. The van der Waals surface area contributed by atoms with Crippen LogP contribution in [0, 0.1) is 6.92 Å². The molecule has 4 heterocycles. The standard InChI is InChI=1S/C18H21N7O2S2/c1-5-24(4)29(26,27)18-12(2)8-15(28-18)22-16-17-20-10-14(25(17)7-6-19-16)13-9-21-23(3)11-13/h6-11H,5H2,1-4H3,(H,19,22). The fraction of sp³-hybridized carbons (Fsp3) is 0.278. The van der Waals surface area contributed by atoms with Crippen LogP contribution in [0.25, 0.3) is 16.9 Å². The number of imidazole rings is 1. The average Bonchev–Trinajstić information content (AvgIpc) is 3.39. The van der Waals surface area contributed by atoms with E-state index in [4.69, 9.17) is 0 Å². The first-order valence-electron chi connectivity index (χ1n) is 8.96. The third-order valence-corrected chi connectivity index (χ3v) is 8.33. The van der Waals surface area contributed by atoms with Crippen molar-refractivity contribution in [3.8, 4) is 11.3 Å². The lowest BCUT2D eigenvalue weighted by atomic mass is 10.3. The van der Waals surface area contributed by atoms with E-state index in [-0.39, 0.29) is 0 Å². The first-order chi connectivity index (χ1) is 13.8. The third kappa shape index (κ3) is 3.41. The van der Waals surface area contributed by atoms with Gasteiger partial charge in [0.1, 0.15) is 4.21 Å². The maximum atomic E-state index is 12.7. The molecule has 9 nitrogen and oxygen atoms in total. The Labute approximate surface area is 172 Å². The number of thiophene rings is 1. The van der Waals surface area contributed by atoms with Crippen molar-refractivity contribution in [1.82, 2.24) is 28.5 Å². The zero-order valence-corrected chi connectivity index (χ0v) is 18.1. The maximum Gasteiger partial charge on any atom is 0.252 e. The van der Waals surface area contributed by atoms with E-state index in [0.717, 1.165) is 11.3 Å². The van der Waals surface area contributed by atoms with Gasteiger partial charge in [-0.2, -0.15) is 5.10 Å². The smallest absolute Gasteiger partial charge is 0.252 e. The van der Waals surface area contributed by atoms with Gasteiger partial charge in [0.15, 0.2) is 11.5 Å². The molecule has 0 bridgehead atoms. The number of anilines is 2. The molecular formula is C18H21N7O2S2. The average molecular weight is 432 g/mol. The molecule has 4 aromatic heterocycles. The van der Waals surface area contributed by atoms with Crippen LogP contribution >= 0.6 is 11.3 Å². The van der Waals surface area contributed by atoms with Crippen LogP contribution in [0.15, 0.2) is 41.3 Å². The van der Waals surface area contributed by atoms with E-state index in [1.165, 1.54) is 15.6 Å². The molecule has 0 radical (unpaired) electrons. The zero-order valence-electron chi connectivity index (χ0n) is 16.5. The van der Waals surface area contributed by atoms with Crippen molar-refractivity contribution in [1.29, 1.82) is 0 Å². The monoisotopic (exact) mass is 431 g/mol. The van der Waals surface area contributed by atoms with Crippen LogP contribution in [0.1, 0.15) is 12.5 Å². The highest BCUT2D eigenvalue weighted by atomic mass is 32.2. The number of nitrogens with zero attached hydrogens (tertiary/aromatic N) is 6. The molecule has 0 saturated heterocycles. The summed E-state index contributed by atoms with van der Waals surface area (Å²) < 4.78 is 30.7. The Hall–Kier alpha value is -2.76. The van der Waals surface area contributed by atoms with Gasteiger partial charge in [0.2, 0.25) is 0 Å². The summed E-state index contributed by atoms with van der Waals surface area (Å²) in [6, 6.07) is 1.82. The minimum Gasteiger partial charge on any atom is -0.329 e. The molecule has 11 heteroatoms. The number of aromatic nitrogens is 5. The fourth-order valence-electron chi connectivity index (χ4n) is 2.99. The summed E-state index contributed by atoms with van der Waals surface area (Å²) in [4.78, 5) is 8.90. The molecule has 29 heavy (non-hydrogen) atoms. The van der Waals surface area contributed by atoms with E-state index >= 15 is 0 Å². The highest BCUT2D eigenvalue weighted by Gasteiger charge is 2.24. The molecule has 0 aliphatic carbocycles. The lowest BCUT2D eigenvalue weighted by molar-refractivity contribution is 0.488. The van der Waals surface area contributed by atoms with Gasteiger partial charge in [-0.3, -0.25) is 9.08 Å². The maximum absolute atomic E-state index is 12.7. The van der Waals surface area contributed by atoms with Gasteiger partial charge in [-0.25, -0.2) is 22.7 Å². The quantitative estimate of drug-likeness (QED) is 0.504. The second kappa shape index (κ2) is 7.25. The largest absolute Gasteiger partial charge is 0.329 e. The molecular weight excluding hydrogens is 410 g/mol. The molecule has 0 aliphatic rings. The summed E-state index contributed by atoms with van der Waals surface area (Å²) in [5.74, 6) is 0.552. The molecule has 4 rings (SSSR count). The van der Waals surface area contributed by atoms with Crippen molar-refractivity contribution in [2.75, 3.05) is 18.9 Å². The number of aryl methyl sites for hydroxylation is 2. The fourth-order valence-corrected chi connectivity index (χ4v) is 5.95. The normalized spacial score (nSPS) is 12.2. The number of fused-ring (bicyclic) bond motifs is 1. The predicted molar refractivity (Wildman–Crippen MR) is 113 cm³/mol. The first kappa shape index (κ1) is 19.6. The number of nitrogens with one attached hydrogen (secondary N) is 1. The van der Waals surface area contributed by atoms with Crippen molar-refractivity contribution >= 4 is 37.8 Å². The van der Waals surface area contributed by atoms with E-state index in [9.17, 15) is 8.42 Å². The van der Waals surface area contributed by atoms with Crippen molar-refractivity contribution in [2.45, 2.75) is 18.1 Å². The predicted octanol–water partition coefficient (Wildman–Crippen LogP) is 2.88. The van der Waals surface area contributed by atoms with Gasteiger partial charge >= 0.3 is 0 Å². The summed E-state index contributed by atoms with van der Waals surface area (Å²) >= 11 is 1.19. The van der Waals surface area contributed by atoms with Crippen LogP contribution in [0.4, 0.5) is 10.8 Å². The Morgan fingerprint density at radius 1 is 1.28 bits per heavy atom. The summed E-state index contributed by atoms with van der Waals surface area (Å²) in [5.41, 5.74) is 3.19. The minimum absolute atomic E-state index is 0.329. The molecule has 0 amide bonds. The molecule has 0 aliphatic heterocycles. The van der Waals surface area contributed by atoms with Crippen molar-refractivity contribution in [3.63, 3.8) is 0 Å². The minimum atomic E-state index is -3.50. The Kier molecular flexibility index (Phi) is 4.89. The van der Waals surface area contributed by atoms with Gasteiger partial charge in [-0.15, -0.1) is 11.3 Å². The van der Waals surface area contributed by atoms with Gasteiger partial charge in [-0.05, 0) is 18.6 Å². The lowest BCUT2D eigenvalue weighted by Crippen LogP contribution is -2.26. The van der Waals surface area contributed by atoms with Crippen LogP contribution in [-0.4, -0.2) is 50.5 Å². The van der Waals surface area contributed by atoms with Crippen molar-refractivity contribution < 1.29 is 8.42 Å². The number of hydrogen-bond acceptors (Lipinski definition) is 7. The Morgan fingerprint density at radius 2 is 2.07 bits per heavy atom. The van der Waals surface area contributed by atoms with Gasteiger partial charge in [0, 0.05) is 44.8 Å². The van der Waals surface area contributed by atoms with Crippen LogP contribution in [-0.2, 0) is 17.1 Å². The highest BCUT2D eigenvalue weighted by Crippen LogP contribution is 2.34.